The Morgan fingerprint density at radius 1 is 1.11 bits per heavy atom. The molecule has 1 spiro atoms. The van der Waals surface area contributed by atoms with Crippen molar-refractivity contribution in [3.63, 3.8) is 0 Å². The standard InChI is InChI=1S/C25H16ClF4N5O3/c26-16-7-13(1-4-17(16)28)19-20(33-11-24(12-33)9-25(29,30)10-24)34(6-5-31)23(37)35(21(19)36)22-15-3-2-14(27)8-18(15)32-38-22/h1-4,7-8H,6,9-12H2. The number of aromatic nitrogens is 3. The second-order valence-corrected chi connectivity index (χ2v) is 10.1. The van der Waals surface area contributed by atoms with Gasteiger partial charge < -0.3 is 9.42 Å². The highest BCUT2D eigenvalue weighted by Crippen LogP contribution is 2.57. The van der Waals surface area contributed by atoms with Gasteiger partial charge in [-0.15, -0.1) is 0 Å². The third-order valence-electron chi connectivity index (χ3n) is 7.00. The number of alkyl halides is 2. The summed E-state index contributed by atoms with van der Waals surface area (Å²) in [4.78, 5) is 29.3. The average Bonchev–Trinajstić information content (AvgIpc) is 3.22. The molecule has 2 aromatic heterocycles. The van der Waals surface area contributed by atoms with Crippen LogP contribution in [0.2, 0.25) is 5.02 Å². The van der Waals surface area contributed by atoms with Crippen LogP contribution in [0.4, 0.5) is 23.4 Å². The van der Waals surface area contributed by atoms with Crippen LogP contribution in [0.15, 0.2) is 50.5 Å². The number of fused-ring (bicyclic) bond motifs is 1. The molecule has 0 amide bonds. The molecule has 0 bridgehead atoms. The zero-order valence-corrected chi connectivity index (χ0v) is 20.1. The fourth-order valence-corrected chi connectivity index (χ4v) is 5.69. The summed E-state index contributed by atoms with van der Waals surface area (Å²) in [5, 5.41) is 13.1. The van der Waals surface area contributed by atoms with E-state index in [2.05, 4.69) is 5.16 Å². The molecule has 2 aliphatic rings. The predicted molar refractivity (Wildman–Crippen MR) is 129 cm³/mol. The van der Waals surface area contributed by atoms with Crippen LogP contribution in [-0.2, 0) is 6.54 Å². The van der Waals surface area contributed by atoms with Crippen molar-refractivity contribution >= 4 is 28.3 Å². The zero-order valence-electron chi connectivity index (χ0n) is 19.4. The summed E-state index contributed by atoms with van der Waals surface area (Å²) in [6.07, 6.45) is -0.650. The molecule has 0 N–H and O–H groups in total. The fraction of sp³-hybridized carbons (Fsp3) is 0.280. The maximum atomic E-state index is 14.0. The lowest BCUT2D eigenvalue weighted by atomic mass is 9.61. The average molecular weight is 546 g/mol. The predicted octanol–water partition coefficient (Wildman–Crippen LogP) is 4.50. The highest BCUT2D eigenvalue weighted by molar-refractivity contribution is 6.31. The largest absolute Gasteiger partial charge is 0.356 e. The summed E-state index contributed by atoms with van der Waals surface area (Å²) in [7, 11) is 0. The topological polar surface area (TPSA) is 97.1 Å². The summed E-state index contributed by atoms with van der Waals surface area (Å²) < 4.78 is 62.0. The van der Waals surface area contributed by atoms with Gasteiger partial charge in [0, 0.05) is 37.4 Å². The van der Waals surface area contributed by atoms with Crippen LogP contribution in [0.5, 0.6) is 0 Å². The van der Waals surface area contributed by atoms with Gasteiger partial charge in [-0.3, -0.25) is 9.36 Å². The second-order valence-electron chi connectivity index (χ2n) is 9.71. The van der Waals surface area contributed by atoms with E-state index in [9.17, 15) is 32.4 Å². The lowest BCUT2D eigenvalue weighted by Gasteiger charge is -2.59. The van der Waals surface area contributed by atoms with Gasteiger partial charge in [0.2, 0.25) is 11.8 Å². The Kier molecular flexibility index (Phi) is 5.23. The second kappa shape index (κ2) is 8.19. The van der Waals surface area contributed by atoms with Gasteiger partial charge in [-0.1, -0.05) is 22.8 Å². The van der Waals surface area contributed by atoms with Gasteiger partial charge in [-0.25, -0.2) is 22.4 Å². The summed E-state index contributed by atoms with van der Waals surface area (Å²) in [6, 6.07) is 8.86. The molecular weight excluding hydrogens is 530 g/mol. The number of nitriles is 1. The van der Waals surface area contributed by atoms with Crippen molar-refractivity contribution in [1.82, 2.24) is 14.3 Å². The number of benzene rings is 2. The number of nitrogens with zero attached hydrogens (tertiary/aromatic N) is 5. The molecule has 194 valence electrons. The van der Waals surface area contributed by atoms with Gasteiger partial charge in [0.1, 0.15) is 29.5 Å². The molecule has 2 fully saturated rings. The SMILES string of the molecule is N#CCn1c(N2CC3(C2)CC(F)(F)C3)c(-c2ccc(F)c(Cl)c2)c(=O)n(-c2onc3cc(F)ccc23)c1=O. The first-order chi connectivity index (χ1) is 18.0. The molecule has 0 radical (unpaired) electrons. The van der Waals surface area contributed by atoms with E-state index in [1.165, 1.54) is 18.2 Å². The number of hydrogen-bond acceptors (Lipinski definition) is 6. The molecule has 13 heteroatoms. The van der Waals surface area contributed by atoms with Gasteiger partial charge in [0.15, 0.2) is 0 Å². The smallest absolute Gasteiger partial charge is 0.340 e. The van der Waals surface area contributed by atoms with Crippen LogP contribution in [0.3, 0.4) is 0 Å². The van der Waals surface area contributed by atoms with Crippen molar-refractivity contribution in [2.45, 2.75) is 25.3 Å². The zero-order chi connectivity index (χ0) is 27.0. The monoisotopic (exact) mass is 545 g/mol. The Morgan fingerprint density at radius 3 is 2.50 bits per heavy atom. The molecule has 6 rings (SSSR count). The Bertz CT molecular complexity index is 1790. The normalized spacial score (nSPS) is 17.3. The van der Waals surface area contributed by atoms with Crippen LogP contribution in [0, 0.1) is 28.4 Å². The van der Waals surface area contributed by atoms with Crippen LogP contribution in [-0.4, -0.2) is 33.3 Å². The van der Waals surface area contributed by atoms with Crippen LogP contribution in [0.25, 0.3) is 27.9 Å². The minimum atomic E-state index is -2.78. The molecule has 1 aliphatic heterocycles. The van der Waals surface area contributed by atoms with Crippen molar-refractivity contribution in [3.05, 3.63) is 73.9 Å². The third kappa shape index (κ3) is 3.60. The van der Waals surface area contributed by atoms with Gasteiger partial charge in [0.05, 0.1) is 22.0 Å². The number of halogens is 5. The van der Waals surface area contributed by atoms with Crippen molar-refractivity contribution in [1.29, 1.82) is 5.26 Å². The van der Waals surface area contributed by atoms with E-state index >= 15 is 0 Å². The van der Waals surface area contributed by atoms with Crippen molar-refractivity contribution < 1.29 is 22.1 Å². The van der Waals surface area contributed by atoms with E-state index in [4.69, 9.17) is 16.1 Å². The highest BCUT2D eigenvalue weighted by atomic mass is 35.5. The van der Waals surface area contributed by atoms with E-state index < -0.39 is 40.8 Å². The Labute approximate surface area is 215 Å². The summed E-state index contributed by atoms with van der Waals surface area (Å²) in [5.41, 5.74) is -2.46. The van der Waals surface area contributed by atoms with Gasteiger partial charge in [-0.05, 0) is 29.8 Å². The molecular formula is C25H16ClF4N5O3. The van der Waals surface area contributed by atoms with Crippen molar-refractivity contribution in [3.8, 4) is 23.1 Å². The molecule has 38 heavy (non-hydrogen) atoms. The lowest BCUT2D eigenvalue weighted by molar-refractivity contribution is -0.170. The minimum absolute atomic E-state index is 0.0242. The highest BCUT2D eigenvalue weighted by Gasteiger charge is 2.62. The maximum Gasteiger partial charge on any atom is 0.340 e. The van der Waals surface area contributed by atoms with Gasteiger partial charge in [0.25, 0.3) is 5.56 Å². The van der Waals surface area contributed by atoms with Crippen molar-refractivity contribution in [2.75, 3.05) is 18.0 Å². The molecule has 1 aliphatic carbocycles. The quantitative estimate of drug-likeness (QED) is 0.350. The van der Waals surface area contributed by atoms with Gasteiger partial charge in [-0.2, -0.15) is 9.83 Å². The Hall–Kier alpha value is -4.11. The number of anilines is 1. The van der Waals surface area contributed by atoms with Gasteiger partial charge >= 0.3 is 5.69 Å². The maximum absolute atomic E-state index is 14.0. The molecule has 0 atom stereocenters. The number of hydrogen-bond donors (Lipinski definition) is 0. The van der Waals surface area contributed by atoms with Crippen molar-refractivity contribution in [2.24, 2.45) is 5.41 Å². The third-order valence-corrected chi connectivity index (χ3v) is 7.29. The minimum Gasteiger partial charge on any atom is -0.356 e. The summed E-state index contributed by atoms with van der Waals surface area (Å²) in [5.74, 6) is -4.41. The molecule has 4 aromatic rings. The molecule has 2 aromatic carbocycles. The van der Waals surface area contributed by atoms with E-state index in [0.29, 0.717) is 4.57 Å². The molecule has 0 unspecified atom stereocenters. The fourth-order valence-electron chi connectivity index (χ4n) is 5.51. The van der Waals surface area contributed by atoms with Crippen LogP contribution in [0.1, 0.15) is 12.8 Å². The first-order valence-electron chi connectivity index (χ1n) is 11.4. The van der Waals surface area contributed by atoms with E-state index in [-0.39, 0.29) is 64.7 Å². The van der Waals surface area contributed by atoms with Crippen LogP contribution < -0.4 is 16.1 Å². The molecule has 1 saturated carbocycles. The molecule has 1 saturated heterocycles. The Balaban J connectivity index is 1.62. The lowest BCUT2D eigenvalue weighted by Crippen LogP contribution is -2.67. The van der Waals surface area contributed by atoms with E-state index in [1.54, 1.807) is 4.90 Å². The molecule has 3 heterocycles. The van der Waals surface area contributed by atoms with Crippen LogP contribution >= 0.6 is 11.6 Å². The van der Waals surface area contributed by atoms with E-state index in [0.717, 1.165) is 22.8 Å². The molecule has 8 nitrogen and oxygen atoms in total. The van der Waals surface area contributed by atoms with E-state index in [1.807, 2.05) is 6.07 Å². The Morgan fingerprint density at radius 2 is 1.84 bits per heavy atom. The first-order valence-corrected chi connectivity index (χ1v) is 11.8. The first kappa shape index (κ1) is 24.2. The summed E-state index contributed by atoms with van der Waals surface area (Å²) in [6.45, 7) is -0.247. The summed E-state index contributed by atoms with van der Waals surface area (Å²) >= 11 is 6.00. The number of rotatable bonds is 4.